The van der Waals surface area contributed by atoms with E-state index in [1.54, 1.807) is 0 Å². The van der Waals surface area contributed by atoms with Gasteiger partial charge < -0.3 is 0 Å². The fourth-order valence-corrected chi connectivity index (χ4v) is 1.31. The Morgan fingerprint density at radius 1 is 0.500 bits per heavy atom. The predicted molar refractivity (Wildman–Crippen MR) is 63.9 cm³/mol. The molecule has 0 heteroatoms. The fourth-order valence-electron chi connectivity index (χ4n) is 1.31. The molecule has 1 aliphatic rings. The second-order valence-electron chi connectivity index (χ2n) is 3.37. The predicted octanol–water partition coefficient (Wildman–Crippen LogP) is 4.38. The first-order chi connectivity index (χ1) is 7.00. The van der Waals surface area contributed by atoms with Crippen LogP contribution in [0.15, 0.2) is 48.6 Å². The van der Waals surface area contributed by atoms with Crippen LogP contribution in [-0.2, 0) is 0 Å². The van der Waals surface area contributed by atoms with Gasteiger partial charge in [0.1, 0.15) is 0 Å². The fraction of sp³-hybridized carbons (Fsp3) is 0.357. The van der Waals surface area contributed by atoms with Gasteiger partial charge in [-0.05, 0) is 38.5 Å². The standard InChI is InChI=1S/C14H19/c1-2-4-6-8-10-12-14-13-11-9-7-5-3-1/h1-4,7-9,13-14H,5-6,10-12H2/b3-1+,4-2-,9-7+,14-13-. The van der Waals surface area contributed by atoms with E-state index < -0.39 is 0 Å². The van der Waals surface area contributed by atoms with Gasteiger partial charge in [0.05, 0.1) is 0 Å². The summed E-state index contributed by atoms with van der Waals surface area (Å²) >= 11 is 0. The summed E-state index contributed by atoms with van der Waals surface area (Å²) in [5.41, 5.74) is 0. The Labute approximate surface area is 87.7 Å². The smallest absolute Gasteiger partial charge is 0.0166 e. The largest absolute Gasteiger partial charge is 0.0882 e. The second-order valence-corrected chi connectivity index (χ2v) is 3.37. The van der Waals surface area contributed by atoms with Gasteiger partial charge in [0.25, 0.3) is 0 Å². The molecule has 0 spiro atoms. The zero-order chi connectivity index (χ0) is 9.90. The highest BCUT2D eigenvalue weighted by Gasteiger charge is 1.83. The van der Waals surface area contributed by atoms with Gasteiger partial charge in [-0.25, -0.2) is 0 Å². The van der Waals surface area contributed by atoms with Crippen molar-refractivity contribution in [3.05, 3.63) is 55.0 Å². The molecule has 0 saturated carbocycles. The van der Waals surface area contributed by atoms with Crippen molar-refractivity contribution in [1.82, 2.24) is 0 Å². The lowest BCUT2D eigenvalue weighted by Crippen LogP contribution is -1.74. The van der Waals surface area contributed by atoms with Gasteiger partial charge in [0.2, 0.25) is 0 Å². The highest BCUT2D eigenvalue weighted by atomic mass is 13.9. The second kappa shape index (κ2) is 8.55. The van der Waals surface area contributed by atoms with Crippen LogP contribution >= 0.6 is 0 Å². The van der Waals surface area contributed by atoms with Crippen molar-refractivity contribution >= 4 is 0 Å². The molecule has 0 nitrogen and oxygen atoms in total. The van der Waals surface area contributed by atoms with E-state index in [0.717, 1.165) is 19.3 Å². The van der Waals surface area contributed by atoms with Crippen LogP contribution in [0.5, 0.6) is 0 Å². The zero-order valence-electron chi connectivity index (χ0n) is 8.73. The number of hydrogen-bond donors (Lipinski definition) is 0. The summed E-state index contributed by atoms with van der Waals surface area (Å²) in [6, 6.07) is 0. The Bertz CT molecular complexity index is 228. The molecule has 0 atom stereocenters. The van der Waals surface area contributed by atoms with Crippen molar-refractivity contribution in [2.24, 2.45) is 0 Å². The molecular weight excluding hydrogens is 168 g/mol. The number of hydrogen-bond acceptors (Lipinski definition) is 0. The van der Waals surface area contributed by atoms with Gasteiger partial charge >= 0.3 is 0 Å². The molecular formula is C14H19. The zero-order valence-corrected chi connectivity index (χ0v) is 8.73. The molecule has 0 amide bonds. The van der Waals surface area contributed by atoms with Crippen molar-refractivity contribution in [1.29, 1.82) is 0 Å². The van der Waals surface area contributed by atoms with Gasteiger partial charge in [0.15, 0.2) is 0 Å². The first kappa shape index (κ1) is 11.0. The average Bonchev–Trinajstić information content (AvgIpc) is 2.22. The van der Waals surface area contributed by atoms with Gasteiger partial charge in [-0.2, -0.15) is 0 Å². The van der Waals surface area contributed by atoms with E-state index in [1.165, 1.54) is 12.8 Å². The molecule has 0 aromatic heterocycles. The molecule has 0 fully saturated rings. The Balaban J connectivity index is 2.35. The molecule has 0 aliphatic heterocycles. The molecule has 0 bridgehead atoms. The van der Waals surface area contributed by atoms with Crippen molar-refractivity contribution < 1.29 is 0 Å². The van der Waals surface area contributed by atoms with Gasteiger partial charge in [0, 0.05) is 0 Å². The first-order valence-corrected chi connectivity index (χ1v) is 5.43. The summed E-state index contributed by atoms with van der Waals surface area (Å²) in [7, 11) is 0. The topological polar surface area (TPSA) is 0 Å². The van der Waals surface area contributed by atoms with E-state index in [0.29, 0.717) is 0 Å². The molecule has 0 saturated heterocycles. The molecule has 1 radical (unpaired) electrons. The third kappa shape index (κ3) is 6.47. The van der Waals surface area contributed by atoms with Crippen LogP contribution < -0.4 is 0 Å². The SMILES string of the molecule is [CH]1C/C=C\C=C\C/C=C/C/C=C\CC1. The maximum absolute atomic E-state index is 2.33. The lowest BCUT2D eigenvalue weighted by molar-refractivity contribution is 0.930. The minimum absolute atomic E-state index is 1.04. The molecule has 0 N–H and O–H groups in total. The lowest BCUT2D eigenvalue weighted by atomic mass is 10.1. The number of allylic oxidation sites excluding steroid dienone is 8. The van der Waals surface area contributed by atoms with Crippen LogP contribution in [-0.4, -0.2) is 0 Å². The highest BCUT2D eigenvalue weighted by molar-refractivity contribution is 5.06. The first-order valence-electron chi connectivity index (χ1n) is 5.43. The van der Waals surface area contributed by atoms with Crippen LogP contribution in [0, 0.1) is 6.42 Å². The van der Waals surface area contributed by atoms with Gasteiger partial charge in [-0.3, -0.25) is 0 Å². The highest BCUT2D eigenvalue weighted by Crippen LogP contribution is 2.02. The summed E-state index contributed by atoms with van der Waals surface area (Å²) in [5.74, 6) is 0. The quantitative estimate of drug-likeness (QED) is 0.494. The van der Waals surface area contributed by atoms with Gasteiger partial charge in [-0.1, -0.05) is 48.6 Å². The summed E-state index contributed by atoms with van der Waals surface area (Å²) in [6.45, 7) is 0. The lowest BCUT2D eigenvalue weighted by Gasteiger charge is -1.92. The Kier molecular flexibility index (Phi) is 6.74. The third-order valence-corrected chi connectivity index (χ3v) is 2.10. The van der Waals surface area contributed by atoms with E-state index in [9.17, 15) is 0 Å². The van der Waals surface area contributed by atoms with Crippen molar-refractivity contribution in [3.8, 4) is 0 Å². The van der Waals surface area contributed by atoms with Crippen molar-refractivity contribution in [3.63, 3.8) is 0 Å². The molecule has 0 aromatic carbocycles. The Morgan fingerprint density at radius 2 is 1.14 bits per heavy atom. The average molecular weight is 187 g/mol. The van der Waals surface area contributed by atoms with Crippen molar-refractivity contribution in [2.75, 3.05) is 0 Å². The summed E-state index contributed by atoms with van der Waals surface area (Å²) in [6.07, 6.45) is 25.5. The van der Waals surface area contributed by atoms with E-state index in [1.807, 2.05) is 0 Å². The maximum Gasteiger partial charge on any atom is -0.0166 e. The van der Waals surface area contributed by atoms with Crippen LogP contribution in [0.4, 0.5) is 0 Å². The number of rotatable bonds is 0. The van der Waals surface area contributed by atoms with E-state index >= 15 is 0 Å². The van der Waals surface area contributed by atoms with Crippen LogP contribution in [0.1, 0.15) is 32.1 Å². The Morgan fingerprint density at radius 3 is 2.00 bits per heavy atom. The molecule has 0 heterocycles. The molecule has 1 aliphatic carbocycles. The minimum Gasteiger partial charge on any atom is -0.0882 e. The van der Waals surface area contributed by atoms with E-state index in [-0.39, 0.29) is 0 Å². The Hall–Kier alpha value is -1.04. The van der Waals surface area contributed by atoms with Crippen molar-refractivity contribution in [2.45, 2.75) is 32.1 Å². The molecule has 0 aromatic rings. The summed E-state index contributed by atoms with van der Waals surface area (Å²) < 4.78 is 0. The van der Waals surface area contributed by atoms with E-state index in [4.69, 9.17) is 0 Å². The normalized spacial score (nSPS) is 28.6. The third-order valence-electron chi connectivity index (χ3n) is 2.10. The monoisotopic (exact) mass is 187 g/mol. The van der Waals surface area contributed by atoms with Crippen LogP contribution in [0.3, 0.4) is 0 Å². The molecule has 14 heavy (non-hydrogen) atoms. The summed E-state index contributed by atoms with van der Waals surface area (Å²) in [5, 5.41) is 0. The van der Waals surface area contributed by atoms with E-state index in [2.05, 4.69) is 55.0 Å². The molecule has 1 rings (SSSR count). The maximum atomic E-state index is 2.33. The molecule has 0 unspecified atom stereocenters. The minimum atomic E-state index is 1.04. The van der Waals surface area contributed by atoms with Gasteiger partial charge in [-0.15, -0.1) is 0 Å². The molecule has 75 valence electrons. The van der Waals surface area contributed by atoms with Crippen LogP contribution in [0.25, 0.3) is 0 Å². The summed E-state index contributed by atoms with van der Waals surface area (Å²) in [4.78, 5) is 0. The van der Waals surface area contributed by atoms with Crippen LogP contribution in [0.2, 0.25) is 0 Å².